The molecule has 28 heavy (non-hydrogen) atoms. The van der Waals surface area contributed by atoms with Gasteiger partial charge in [0.1, 0.15) is 12.3 Å². The minimum absolute atomic E-state index is 0.0310. The number of hydrogen-bond acceptors (Lipinski definition) is 7. The lowest BCUT2D eigenvalue weighted by atomic mass is 10.1. The van der Waals surface area contributed by atoms with Crippen molar-refractivity contribution in [2.45, 2.75) is 25.6 Å². The Hall–Kier alpha value is -2.65. The number of guanidine groups is 1. The van der Waals surface area contributed by atoms with Crippen LogP contribution in [0.2, 0.25) is 0 Å². The molecule has 4 rings (SSSR count). The summed E-state index contributed by atoms with van der Waals surface area (Å²) in [5, 5.41) is 9.09. The van der Waals surface area contributed by atoms with Gasteiger partial charge in [0.2, 0.25) is 17.8 Å². The normalized spacial score (nSPS) is 21.5. The van der Waals surface area contributed by atoms with Gasteiger partial charge in [0, 0.05) is 38.2 Å². The number of fused-ring (bicyclic) bond motifs is 2. The van der Waals surface area contributed by atoms with Gasteiger partial charge in [-0.1, -0.05) is 0 Å². The zero-order valence-corrected chi connectivity index (χ0v) is 16.0. The highest BCUT2D eigenvalue weighted by atomic mass is 16.5. The van der Waals surface area contributed by atoms with Crippen LogP contribution in [0.25, 0.3) is 0 Å². The fourth-order valence-corrected chi connectivity index (χ4v) is 3.58. The predicted octanol–water partition coefficient (Wildman–Crippen LogP) is -0.244. The molecule has 9 nitrogen and oxygen atoms in total. The summed E-state index contributed by atoms with van der Waals surface area (Å²) < 4.78 is 5.81. The van der Waals surface area contributed by atoms with Crippen molar-refractivity contribution in [3.05, 3.63) is 23.8 Å². The summed E-state index contributed by atoms with van der Waals surface area (Å²) >= 11 is 0. The largest absolute Gasteiger partial charge is 0.494 e. The van der Waals surface area contributed by atoms with E-state index in [0.29, 0.717) is 38.5 Å². The number of aliphatic imine (C=N–C) groups is 1. The van der Waals surface area contributed by atoms with Crippen molar-refractivity contribution >= 4 is 23.5 Å². The average molecular weight is 386 g/mol. The van der Waals surface area contributed by atoms with E-state index in [1.54, 1.807) is 0 Å². The Balaban J connectivity index is 1.23. The van der Waals surface area contributed by atoms with Crippen molar-refractivity contribution in [3.8, 4) is 5.75 Å². The quantitative estimate of drug-likeness (QED) is 0.584. The van der Waals surface area contributed by atoms with Crippen LogP contribution in [-0.2, 0) is 16.1 Å². The van der Waals surface area contributed by atoms with Crippen LogP contribution in [0, 0.1) is 0 Å². The Labute approximate surface area is 164 Å². The van der Waals surface area contributed by atoms with Crippen LogP contribution >= 0.6 is 0 Å². The lowest BCUT2D eigenvalue weighted by Crippen LogP contribution is -2.57. The molecule has 2 amide bonds. The van der Waals surface area contributed by atoms with E-state index in [1.807, 2.05) is 30.1 Å². The van der Waals surface area contributed by atoms with E-state index in [1.165, 1.54) is 0 Å². The molecule has 1 aromatic carbocycles. The van der Waals surface area contributed by atoms with E-state index < -0.39 is 0 Å². The maximum atomic E-state index is 12.1. The molecule has 150 valence electrons. The highest BCUT2D eigenvalue weighted by Crippen LogP contribution is 2.30. The first-order valence-corrected chi connectivity index (χ1v) is 9.68. The van der Waals surface area contributed by atoms with Gasteiger partial charge in [-0.25, -0.2) is 4.99 Å². The van der Waals surface area contributed by atoms with Gasteiger partial charge < -0.3 is 20.3 Å². The summed E-state index contributed by atoms with van der Waals surface area (Å²) in [6.45, 7) is 4.10. The molecule has 0 aromatic heterocycles. The smallest absolute Gasteiger partial charge is 0.246 e. The first-order chi connectivity index (χ1) is 13.6. The molecule has 0 spiro atoms. The van der Waals surface area contributed by atoms with Crippen LogP contribution in [-0.4, -0.2) is 73.6 Å². The number of carbonyl (C=O) groups is 2. The second-order valence-electron chi connectivity index (χ2n) is 7.35. The van der Waals surface area contributed by atoms with Gasteiger partial charge in [0.15, 0.2) is 0 Å². The number of rotatable bonds is 6. The van der Waals surface area contributed by atoms with Gasteiger partial charge in [-0.05, 0) is 31.7 Å². The number of piperazine rings is 1. The zero-order chi connectivity index (χ0) is 19.5. The molecule has 2 saturated heterocycles. The van der Waals surface area contributed by atoms with Crippen molar-refractivity contribution in [2.75, 3.05) is 39.8 Å². The summed E-state index contributed by atoms with van der Waals surface area (Å²) in [5.41, 5.74) is 1.88. The SMILES string of the molecule is CN1CCNCC1NC(=O)CCCOc1ccc2c(c1)CN1CC(=O)NC1=N2. The third-order valence-corrected chi connectivity index (χ3v) is 5.18. The first kappa shape index (κ1) is 18.7. The van der Waals surface area contributed by atoms with Gasteiger partial charge in [0.05, 0.1) is 18.5 Å². The Morgan fingerprint density at radius 2 is 2.29 bits per heavy atom. The molecular formula is C19H26N6O3. The van der Waals surface area contributed by atoms with E-state index in [-0.39, 0.29) is 18.0 Å². The number of amides is 2. The van der Waals surface area contributed by atoms with Crippen LogP contribution in [0.1, 0.15) is 18.4 Å². The van der Waals surface area contributed by atoms with E-state index in [9.17, 15) is 9.59 Å². The molecule has 3 aliphatic rings. The van der Waals surface area contributed by atoms with Crippen LogP contribution in [0.4, 0.5) is 5.69 Å². The Morgan fingerprint density at radius 3 is 3.14 bits per heavy atom. The third-order valence-electron chi connectivity index (χ3n) is 5.18. The standard InChI is InChI=1S/C19H26N6O3/c1-24-7-6-20-10-16(24)22-17(26)3-2-8-28-14-4-5-15-13(9-14)11-25-12-18(27)23-19(25)21-15/h4-5,9,16,20H,2-3,6-8,10-12H2,1H3,(H,22,26)(H,21,23,27). The van der Waals surface area contributed by atoms with E-state index in [0.717, 1.165) is 36.6 Å². The van der Waals surface area contributed by atoms with Gasteiger partial charge in [-0.2, -0.15) is 0 Å². The molecule has 9 heteroatoms. The lowest BCUT2D eigenvalue weighted by molar-refractivity contribution is -0.123. The highest BCUT2D eigenvalue weighted by molar-refractivity contribution is 6.05. The number of likely N-dealkylation sites (N-methyl/N-ethyl adjacent to an activating group) is 1. The number of ether oxygens (including phenoxy) is 1. The Bertz CT molecular complexity index is 796. The zero-order valence-electron chi connectivity index (χ0n) is 16.0. The van der Waals surface area contributed by atoms with E-state index >= 15 is 0 Å². The Morgan fingerprint density at radius 1 is 1.39 bits per heavy atom. The second-order valence-corrected chi connectivity index (χ2v) is 7.35. The highest BCUT2D eigenvalue weighted by Gasteiger charge is 2.29. The first-order valence-electron chi connectivity index (χ1n) is 9.68. The number of benzene rings is 1. The molecule has 0 radical (unpaired) electrons. The summed E-state index contributed by atoms with van der Waals surface area (Å²) in [6, 6.07) is 5.73. The fourth-order valence-electron chi connectivity index (χ4n) is 3.58. The third kappa shape index (κ3) is 4.26. The fraction of sp³-hybridized carbons (Fsp3) is 0.526. The molecule has 0 bridgehead atoms. The van der Waals surface area contributed by atoms with Gasteiger partial charge in [0.25, 0.3) is 0 Å². The molecule has 1 aromatic rings. The van der Waals surface area contributed by atoms with Gasteiger partial charge in [-0.15, -0.1) is 0 Å². The number of carbonyl (C=O) groups excluding carboxylic acids is 2. The molecule has 1 atom stereocenters. The minimum Gasteiger partial charge on any atom is -0.494 e. The molecule has 2 fully saturated rings. The van der Waals surface area contributed by atoms with Crippen LogP contribution in [0.3, 0.4) is 0 Å². The van der Waals surface area contributed by atoms with Crippen molar-refractivity contribution in [1.82, 2.24) is 25.8 Å². The number of hydrogen-bond donors (Lipinski definition) is 3. The van der Waals surface area contributed by atoms with Crippen LogP contribution in [0.15, 0.2) is 23.2 Å². The number of nitrogens with one attached hydrogen (secondary N) is 3. The molecule has 0 saturated carbocycles. The monoisotopic (exact) mass is 386 g/mol. The number of nitrogens with zero attached hydrogens (tertiary/aromatic N) is 3. The summed E-state index contributed by atoms with van der Waals surface area (Å²) in [7, 11) is 2.02. The minimum atomic E-state index is -0.0310. The topological polar surface area (TPSA) is 98.3 Å². The molecule has 1 unspecified atom stereocenters. The van der Waals surface area contributed by atoms with Crippen LogP contribution in [0.5, 0.6) is 5.75 Å². The maximum Gasteiger partial charge on any atom is 0.246 e. The maximum absolute atomic E-state index is 12.1. The van der Waals surface area contributed by atoms with Crippen molar-refractivity contribution in [1.29, 1.82) is 0 Å². The molecule has 3 heterocycles. The van der Waals surface area contributed by atoms with Crippen molar-refractivity contribution < 1.29 is 14.3 Å². The predicted molar refractivity (Wildman–Crippen MR) is 104 cm³/mol. The van der Waals surface area contributed by atoms with E-state index in [4.69, 9.17) is 4.74 Å². The summed E-state index contributed by atoms with van der Waals surface area (Å²) in [4.78, 5) is 32.2. The van der Waals surface area contributed by atoms with Crippen molar-refractivity contribution in [3.63, 3.8) is 0 Å². The Kier molecular flexibility index (Phi) is 5.45. The molecule has 3 aliphatic heterocycles. The summed E-state index contributed by atoms with van der Waals surface area (Å²) in [5.74, 6) is 1.39. The van der Waals surface area contributed by atoms with Gasteiger partial charge in [-0.3, -0.25) is 19.8 Å². The average Bonchev–Trinajstić information content (AvgIpc) is 3.04. The molecular weight excluding hydrogens is 360 g/mol. The van der Waals surface area contributed by atoms with Gasteiger partial charge >= 0.3 is 0 Å². The van der Waals surface area contributed by atoms with Crippen molar-refractivity contribution in [2.24, 2.45) is 4.99 Å². The molecule has 3 N–H and O–H groups in total. The van der Waals surface area contributed by atoms with Crippen LogP contribution < -0.4 is 20.7 Å². The van der Waals surface area contributed by atoms with E-state index in [2.05, 4.69) is 25.8 Å². The molecule has 0 aliphatic carbocycles. The summed E-state index contributed by atoms with van der Waals surface area (Å²) in [6.07, 6.45) is 1.14. The second kappa shape index (κ2) is 8.15. The lowest BCUT2D eigenvalue weighted by Gasteiger charge is -2.33.